The van der Waals surface area contributed by atoms with Crippen LogP contribution in [0.2, 0.25) is 0 Å². The largest absolute Gasteiger partial charge is 0.376 e. The van der Waals surface area contributed by atoms with E-state index in [1.807, 2.05) is 37.3 Å². The zero-order valence-corrected chi connectivity index (χ0v) is 20.5. The Bertz CT molecular complexity index is 1400. The minimum atomic E-state index is -1.11. The number of benzene rings is 3. The van der Waals surface area contributed by atoms with Gasteiger partial charge in [-0.15, -0.1) is 5.10 Å². The Labute approximate surface area is 214 Å². The molecule has 4 aromatic rings. The first-order valence-corrected chi connectivity index (χ1v) is 12.3. The number of amides is 2. The summed E-state index contributed by atoms with van der Waals surface area (Å²) in [5, 5.41) is 11.2. The maximum Gasteiger partial charge on any atom is 0.249 e. The normalized spacial score (nSPS) is 16.0. The summed E-state index contributed by atoms with van der Waals surface area (Å²) in [6, 6.07) is 19.4. The van der Waals surface area contributed by atoms with E-state index in [9.17, 15) is 9.59 Å². The first-order chi connectivity index (χ1) is 18.0. The molecule has 0 aliphatic carbocycles. The molecule has 190 valence electrons. The maximum atomic E-state index is 15.2. The molecule has 9 heteroatoms. The molecule has 2 atom stereocenters. The molecule has 1 aromatic heterocycles. The van der Waals surface area contributed by atoms with E-state index in [0.717, 1.165) is 18.4 Å². The topological polar surface area (TPSA) is 89.4 Å². The molecule has 0 radical (unpaired) electrons. The summed E-state index contributed by atoms with van der Waals surface area (Å²) in [5.41, 5.74) is 2.88. The van der Waals surface area contributed by atoms with Crippen molar-refractivity contribution in [3.8, 4) is 0 Å². The van der Waals surface area contributed by atoms with Crippen molar-refractivity contribution in [1.29, 1.82) is 0 Å². The van der Waals surface area contributed by atoms with Crippen LogP contribution in [0.5, 0.6) is 0 Å². The predicted molar refractivity (Wildman–Crippen MR) is 137 cm³/mol. The number of hydrogen-bond acceptors (Lipinski definition) is 5. The lowest BCUT2D eigenvalue weighted by atomic mass is 10.0. The second-order valence-corrected chi connectivity index (χ2v) is 9.14. The second kappa shape index (κ2) is 10.9. The van der Waals surface area contributed by atoms with Crippen LogP contribution in [0, 0.1) is 12.7 Å². The first kappa shape index (κ1) is 24.6. The predicted octanol–water partition coefficient (Wildman–Crippen LogP) is 3.95. The quantitative estimate of drug-likeness (QED) is 0.395. The van der Waals surface area contributed by atoms with Crippen molar-refractivity contribution >= 4 is 28.5 Å². The Hall–Kier alpha value is -4.11. The van der Waals surface area contributed by atoms with Gasteiger partial charge in [0.2, 0.25) is 11.8 Å². The molecule has 1 aliphatic rings. The van der Waals surface area contributed by atoms with Gasteiger partial charge >= 0.3 is 0 Å². The van der Waals surface area contributed by atoms with Gasteiger partial charge in [0.05, 0.1) is 17.3 Å². The van der Waals surface area contributed by atoms with Crippen LogP contribution in [0.25, 0.3) is 11.0 Å². The fraction of sp³-hybridized carbons (Fsp3) is 0.286. The van der Waals surface area contributed by atoms with E-state index < -0.39 is 23.7 Å². The third-order valence-corrected chi connectivity index (χ3v) is 6.51. The molecule has 1 N–H and O–H groups in total. The number of hydrogen-bond donors (Lipinski definition) is 1. The molecular formula is C28H28FN5O3. The Morgan fingerprint density at radius 2 is 1.86 bits per heavy atom. The number of fused-ring (bicyclic) bond motifs is 1. The highest BCUT2D eigenvalue weighted by atomic mass is 19.1. The highest BCUT2D eigenvalue weighted by Crippen LogP contribution is 2.31. The van der Waals surface area contributed by atoms with Crippen LogP contribution in [0.3, 0.4) is 0 Å². The van der Waals surface area contributed by atoms with Gasteiger partial charge in [-0.1, -0.05) is 59.3 Å². The van der Waals surface area contributed by atoms with Gasteiger partial charge in [-0.3, -0.25) is 14.5 Å². The number of aryl methyl sites for hydroxylation is 1. The fourth-order valence-corrected chi connectivity index (χ4v) is 4.59. The summed E-state index contributed by atoms with van der Waals surface area (Å²) in [4.78, 5) is 28.9. The Morgan fingerprint density at radius 3 is 2.62 bits per heavy atom. The number of aromatic nitrogens is 3. The number of para-hydroxylation sites is 2. The van der Waals surface area contributed by atoms with Crippen molar-refractivity contribution in [3.63, 3.8) is 0 Å². The molecule has 0 spiro atoms. The van der Waals surface area contributed by atoms with E-state index in [-0.39, 0.29) is 18.3 Å². The van der Waals surface area contributed by atoms with Gasteiger partial charge in [0, 0.05) is 13.2 Å². The van der Waals surface area contributed by atoms with E-state index >= 15 is 4.39 Å². The van der Waals surface area contributed by atoms with Crippen LogP contribution >= 0.6 is 0 Å². The number of nitrogens with one attached hydrogen (secondary N) is 1. The molecule has 8 nitrogen and oxygen atoms in total. The van der Waals surface area contributed by atoms with Crippen molar-refractivity contribution in [2.45, 2.75) is 38.5 Å². The van der Waals surface area contributed by atoms with Gasteiger partial charge in [-0.05, 0) is 49.6 Å². The van der Waals surface area contributed by atoms with Crippen LogP contribution in [0.4, 0.5) is 10.1 Å². The smallest absolute Gasteiger partial charge is 0.249 e. The van der Waals surface area contributed by atoms with Crippen molar-refractivity contribution in [3.05, 3.63) is 89.7 Å². The lowest BCUT2D eigenvalue weighted by molar-refractivity contribution is -0.127. The molecule has 0 unspecified atom stereocenters. The number of halogens is 1. The van der Waals surface area contributed by atoms with Gasteiger partial charge in [-0.25, -0.2) is 9.07 Å². The number of ether oxygens (including phenoxy) is 1. The summed E-state index contributed by atoms with van der Waals surface area (Å²) in [5.74, 6) is -1.53. The van der Waals surface area contributed by atoms with Gasteiger partial charge < -0.3 is 10.1 Å². The summed E-state index contributed by atoms with van der Waals surface area (Å²) >= 11 is 0. The van der Waals surface area contributed by atoms with Crippen molar-refractivity contribution < 1.29 is 18.7 Å². The van der Waals surface area contributed by atoms with E-state index in [2.05, 4.69) is 15.6 Å². The van der Waals surface area contributed by atoms with E-state index in [1.54, 1.807) is 30.3 Å². The number of anilines is 1. The average molecular weight is 502 g/mol. The number of nitrogens with zero attached hydrogens (tertiary/aromatic N) is 4. The van der Waals surface area contributed by atoms with Crippen LogP contribution < -0.4 is 10.2 Å². The summed E-state index contributed by atoms with van der Waals surface area (Å²) < 4.78 is 22.3. The molecule has 37 heavy (non-hydrogen) atoms. The molecule has 1 aliphatic heterocycles. The highest BCUT2D eigenvalue weighted by molar-refractivity contribution is 6.01. The molecule has 0 saturated carbocycles. The van der Waals surface area contributed by atoms with Crippen LogP contribution in [0.15, 0.2) is 72.8 Å². The van der Waals surface area contributed by atoms with Crippen LogP contribution in [-0.2, 0) is 20.9 Å². The monoisotopic (exact) mass is 501 g/mol. The van der Waals surface area contributed by atoms with Crippen molar-refractivity contribution in [1.82, 2.24) is 20.3 Å². The van der Waals surface area contributed by atoms with Gasteiger partial charge in [0.25, 0.3) is 0 Å². The SMILES string of the molecule is Cc1ccc([C@H](C(=O)NC[C@H]2CCCO2)N(C(=O)Cn2nnc3ccccc32)c2ccccc2F)cc1. The van der Waals surface area contributed by atoms with Gasteiger partial charge in [-0.2, -0.15) is 0 Å². The maximum absolute atomic E-state index is 15.2. The number of rotatable bonds is 8. The van der Waals surface area contributed by atoms with Crippen LogP contribution in [-0.4, -0.2) is 46.1 Å². The Morgan fingerprint density at radius 1 is 1.11 bits per heavy atom. The lowest BCUT2D eigenvalue weighted by Crippen LogP contribution is -2.47. The van der Waals surface area contributed by atoms with E-state index in [1.165, 1.54) is 21.7 Å². The van der Waals surface area contributed by atoms with Gasteiger partial charge in [0.15, 0.2) is 0 Å². The molecule has 1 fully saturated rings. The minimum Gasteiger partial charge on any atom is -0.376 e. The van der Waals surface area contributed by atoms with E-state index in [4.69, 9.17) is 4.74 Å². The standard InChI is InChI=1S/C28H28FN5O3/c1-19-12-14-20(15-13-19)27(28(36)30-17-21-7-6-16-37-21)34(24-10-4-2-8-22(24)29)26(35)18-33-25-11-5-3-9-23(25)31-32-33/h2-5,8-15,21,27H,6-7,16-18H2,1H3,(H,30,36)/t21-,27-/m1/s1. The number of carbonyl (C=O) groups excluding carboxylic acids is 2. The molecule has 5 rings (SSSR count). The van der Waals surface area contributed by atoms with Crippen molar-refractivity contribution in [2.24, 2.45) is 0 Å². The van der Waals surface area contributed by atoms with Crippen molar-refractivity contribution in [2.75, 3.05) is 18.1 Å². The minimum absolute atomic E-state index is 0.00904. The molecule has 2 heterocycles. The fourth-order valence-electron chi connectivity index (χ4n) is 4.59. The summed E-state index contributed by atoms with van der Waals surface area (Å²) in [7, 11) is 0. The summed E-state index contributed by atoms with van der Waals surface area (Å²) in [6.07, 6.45) is 1.71. The lowest BCUT2D eigenvalue weighted by Gasteiger charge is -2.32. The average Bonchev–Trinajstić information content (AvgIpc) is 3.58. The highest BCUT2D eigenvalue weighted by Gasteiger charge is 2.35. The Balaban J connectivity index is 1.54. The molecular weight excluding hydrogens is 473 g/mol. The second-order valence-electron chi connectivity index (χ2n) is 9.14. The molecule has 3 aromatic carbocycles. The van der Waals surface area contributed by atoms with Crippen LogP contribution in [0.1, 0.15) is 30.0 Å². The Kier molecular flexibility index (Phi) is 7.23. The third-order valence-electron chi connectivity index (χ3n) is 6.51. The van der Waals surface area contributed by atoms with E-state index in [0.29, 0.717) is 29.7 Å². The van der Waals surface area contributed by atoms with Gasteiger partial charge in [0.1, 0.15) is 23.9 Å². The zero-order chi connectivity index (χ0) is 25.8. The molecule has 0 bridgehead atoms. The molecule has 2 amide bonds. The summed E-state index contributed by atoms with van der Waals surface area (Å²) in [6.45, 7) is 2.68. The third kappa shape index (κ3) is 5.36. The molecule has 1 saturated heterocycles. The first-order valence-electron chi connectivity index (χ1n) is 12.3. The number of carbonyl (C=O) groups is 2. The zero-order valence-electron chi connectivity index (χ0n) is 20.5.